The second kappa shape index (κ2) is 8.34. The molecule has 0 heterocycles. The van der Waals surface area contributed by atoms with E-state index in [0.717, 1.165) is 5.75 Å². The third kappa shape index (κ3) is 4.51. The van der Waals surface area contributed by atoms with Crippen molar-refractivity contribution in [1.82, 2.24) is 0 Å². The lowest BCUT2D eigenvalue weighted by Crippen LogP contribution is -2.31. The highest BCUT2D eigenvalue weighted by Crippen LogP contribution is 2.19. The van der Waals surface area contributed by atoms with Crippen LogP contribution in [0.3, 0.4) is 0 Å². The summed E-state index contributed by atoms with van der Waals surface area (Å²) in [6.07, 6.45) is -0.242. The fourth-order valence-corrected chi connectivity index (χ4v) is 2.56. The van der Waals surface area contributed by atoms with Crippen LogP contribution in [0, 0.1) is 0 Å². The van der Waals surface area contributed by atoms with E-state index in [4.69, 9.17) is 9.47 Å². The second-order valence-corrected chi connectivity index (χ2v) is 6.18. The molecule has 2 unspecified atom stereocenters. The molecular formula is C23H22O3. The van der Waals surface area contributed by atoms with Crippen LogP contribution >= 0.6 is 0 Å². The monoisotopic (exact) mass is 346 g/mol. The van der Waals surface area contributed by atoms with Gasteiger partial charge in [0, 0.05) is 11.1 Å². The molecule has 0 radical (unpaired) electrons. The summed E-state index contributed by atoms with van der Waals surface area (Å²) in [5, 5.41) is 0. The number of para-hydroxylation sites is 1. The van der Waals surface area contributed by atoms with E-state index in [-0.39, 0.29) is 18.0 Å². The number of hydrogen-bond acceptors (Lipinski definition) is 3. The van der Waals surface area contributed by atoms with Crippen molar-refractivity contribution in [3.8, 4) is 11.5 Å². The summed E-state index contributed by atoms with van der Waals surface area (Å²) in [5.41, 5.74) is 1.32. The minimum absolute atomic E-state index is 0.00553. The number of ketones is 1. The largest absolute Gasteiger partial charge is 0.487 e. The van der Waals surface area contributed by atoms with Crippen LogP contribution in [0.25, 0.3) is 0 Å². The Morgan fingerprint density at radius 1 is 0.615 bits per heavy atom. The molecular weight excluding hydrogens is 324 g/mol. The summed E-state index contributed by atoms with van der Waals surface area (Å²) in [7, 11) is 0. The van der Waals surface area contributed by atoms with Gasteiger partial charge in [-0.05, 0) is 50.2 Å². The summed E-state index contributed by atoms with van der Waals surface area (Å²) in [4.78, 5) is 12.4. The van der Waals surface area contributed by atoms with Gasteiger partial charge in [-0.3, -0.25) is 4.79 Å². The molecule has 0 fully saturated rings. The van der Waals surface area contributed by atoms with Crippen LogP contribution in [0.15, 0.2) is 84.9 Å². The Kier molecular flexibility index (Phi) is 5.69. The Morgan fingerprint density at radius 3 is 1.58 bits per heavy atom. The number of hydrogen-bond donors (Lipinski definition) is 0. The molecule has 0 amide bonds. The van der Waals surface area contributed by atoms with Gasteiger partial charge in [0.25, 0.3) is 0 Å². The van der Waals surface area contributed by atoms with Crippen molar-refractivity contribution in [3.05, 3.63) is 96.1 Å². The van der Waals surface area contributed by atoms with Crippen LogP contribution < -0.4 is 9.47 Å². The topological polar surface area (TPSA) is 35.5 Å². The number of carbonyl (C=O) groups excluding carboxylic acids is 1. The van der Waals surface area contributed by atoms with Crippen LogP contribution in [-0.4, -0.2) is 18.0 Å². The Morgan fingerprint density at radius 2 is 1.04 bits per heavy atom. The first-order valence-electron chi connectivity index (χ1n) is 8.71. The van der Waals surface area contributed by atoms with Crippen molar-refractivity contribution in [2.75, 3.05) is 0 Å². The van der Waals surface area contributed by atoms with Crippen LogP contribution in [-0.2, 0) is 0 Å². The van der Waals surface area contributed by atoms with E-state index in [1.807, 2.05) is 86.6 Å². The summed E-state index contributed by atoms with van der Waals surface area (Å²) >= 11 is 0. The van der Waals surface area contributed by atoms with Gasteiger partial charge in [0.2, 0.25) is 0 Å². The van der Waals surface area contributed by atoms with E-state index >= 15 is 0 Å². The zero-order valence-corrected chi connectivity index (χ0v) is 15.0. The van der Waals surface area contributed by atoms with Gasteiger partial charge in [0.05, 0.1) is 0 Å². The smallest absolute Gasteiger partial charge is 0.193 e. The first-order valence-corrected chi connectivity index (χ1v) is 8.71. The van der Waals surface area contributed by atoms with Crippen molar-refractivity contribution < 1.29 is 14.3 Å². The summed E-state index contributed by atoms with van der Waals surface area (Å²) in [5.74, 6) is 1.54. The predicted octanol–water partition coefficient (Wildman–Crippen LogP) is 5.15. The van der Waals surface area contributed by atoms with Gasteiger partial charge in [-0.2, -0.15) is 0 Å². The molecule has 3 aromatic rings. The molecule has 0 aliphatic rings. The van der Waals surface area contributed by atoms with E-state index in [0.29, 0.717) is 16.9 Å². The Bertz CT molecular complexity index is 826. The minimum atomic E-state index is -0.133. The van der Waals surface area contributed by atoms with Gasteiger partial charge < -0.3 is 9.47 Å². The van der Waals surface area contributed by atoms with Crippen molar-refractivity contribution in [1.29, 1.82) is 0 Å². The molecule has 0 aliphatic heterocycles. The van der Waals surface area contributed by atoms with Gasteiger partial charge in [0.15, 0.2) is 5.78 Å². The first-order chi connectivity index (χ1) is 12.6. The van der Waals surface area contributed by atoms with E-state index in [9.17, 15) is 4.79 Å². The second-order valence-electron chi connectivity index (χ2n) is 6.18. The molecule has 26 heavy (non-hydrogen) atoms. The van der Waals surface area contributed by atoms with Crippen molar-refractivity contribution >= 4 is 5.78 Å². The molecule has 0 saturated carbocycles. The lowest BCUT2D eigenvalue weighted by atomic mass is 10.0. The normalized spacial score (nSPS) is 12.8. The predicted molar refractivity (Wildman–Crippen MR) is 103 cm³/mol. The average molecular weight is 346 g/mol. The third-order valence-corrected chi connectivity index (χ3v) is 4.20. The van der Waals surface area contributed by atoms with Crippen LogP contribution in [0.4, 0.5) is 0 Å². The number of benzene rings is 3. The fourth-order valence-electron chi connectivity index (χ4n) is 2.56. The molecule has 3 aromatic carbocycles. The number of ether oxygens (including phenoxy) is 2. The Hall–Kier alpha value is -3.07. The van der Waals surface area contributed by atoms with Crippen LogP contribution in [0.1, 0.15) is 29.8 Å². The van der Waals surface area contributed by atoms with E-state index in [1.54, 1.807) is 12.1 Å². The standard InChI is InChI=1S/C23H22O3/c1-17(25-21-11-7-4-8-12-21)18(2)26-22-15-13-20(14-16-22)23(24)19-9-5-3-6-10-19/h3-18H,1-2H3. The minimum Gasteiger partial charge on any atom is -0.487 e. The SMILES string of the molecule is CC(Oc1ccccc1)C(C)Oc1ccc(C(=O)c2ccccc2)cc1. The van der Waals surface area contributed by atoms with Gasteiger partial charge in [-0.1, -0.05) is 48.5 Å². The lowest BCUT2D eigenvalue weighted by molar-refractivity contribution is 0.0779. The average Bonchev–Trinajstić information content (AvgIpc) is 2.69. The molecule has 0 aromatic heterocycles. The van der Waals surface area contributed by atoms with Crippen molar-refractivity contribution in [2.45, 2.75) is 26.1 Å². The molecule has 3 rings (SSSR count). The zero-order chi connectivity index (χ0) is 18.4. The van der Waals surface area contributed by atoms with Gasteiger partial charge in [-0.25, -0.2) is 0 Å². The number of carbonyl (C=O) groups is 1. The van der Waals surface area contributed by atoms with E-state index < -0.39 is 0 Å². The molecule has 0 spiro atoms. The fraction of sp³-hybridized carbons (Fsp3) is 0.174. The molecule has 3 heteroatoms. The van der Waals surface area contributed by atoms with E-state index in [1.165, 1.54) is 0 Å². The maximum absolute atomic E-state index is 12.4. The zero-order valence-electron chi connectivity index (χ0n) is 15.0. The van der Waals surface area contributed by atoms with Crippen LogP contribution in [0.5, 0.6) is 11.5 Å². The number of rotatable bonds is 7. The summed E-state index contributed by atoms with van der Waals surface area (Å²) in [6.45, 7) is 3.95. The van der Waals surface area contributed by atoms with Gasteiger partial charge in [-0.15, -0.1) is 0 Å². The molecule has 3 nitrogen and oxygen atoms in total. The molecule has 2 atom stereocenters. The Balaban J connectivity index is 1.61. The summed E-state index contributed by atoms with van der Waals surface area (Å²) < 4.78 is 11.8. The maximum atomic E-state index is 12.4. The Labute approximate surface area is 154 Å². The molecule has 0 N–H and O–H groups in total. The first kappa shape index (κ1) is 17.7. The highest BCUT2D eigenvalue weighted by Gasteiger charge is 2.16. The molecule has 0 saturated heterocycles. The maximum Gasteiger partial charge on any atom is 0.193 e. The van der Waals surface area contributed by atoms with Gasteiger partial charge in [0.1, 0.15) is 23.7 Å². The summed E-state index contributed by atoms with van der Waals surface area (Å²) in [6, 6.07) is 26.2. The molecule has 132 valence electrons. The van der Waals surface area contributed by atoms with Crippen molar-refractivity contribution in [2.24, 2.45) is 0 Å². The third-order valence-electron chi connectivity index (χ3n) is 4.20. The quantitative estimate of drug-likeness (QED) is 0.555. The molecule has 0 bridgehead atoms. The van der Waals surface area contributed by atoms with Crippen molar-refractivity contribution in [3.63, 3.8) is 0 Å². The van der Waals surface area contributed by atoms with Gasteiger partial charge >= 0.3 is 0 Å². The highest BCUT2D eigenvalue weighted by molar-refractivity contribution is 6.08. The van der Waals surface area contributed by atoms with Crippen LogP contribution in [0.2, 0.25) is 0 Å². The highest BCUT2D eigenvalue weighted by atomic mass is 16.5. The lowest BCUT2D eigenvalue weighted by Gasteiger charge is -2.22. The van der Waals surface area contributed by atoms with E-state index in [2.05, 4.69) is 0 Å². The molecule has 0 aliphatic carbocycles.